The Morgan fingerprint density at radius 2 is 2.00 bits per heavy atom. The van der Waals surface area contributed by atoms with E-state index in [9.17, 15) is 4.79 Å². The SMILES string of the molecule is CNC(=O)C(C)Nc1cc(C(C)C)ncn1. The maximum Gasteiger partial charge on any atom is 0.241 e. The Kier molecular flexibility index (Phi) is 4.22. The van der Waals surface area contributed by atoms with Crippen molar-refractivity contribution in [2.24, 2.45) is 0 Å². The van der Waals surface area contributed by atoms with Crippen molar-refractivity contribution in [2.45, 2.75) is 32.7 Å². The van der Waals surface area contributed by atoms with Gasteiger partial charge >= 0.3 is 0 Å². The Balaban J connectivity index is 2.74. The molecule has 1 atom stereocenters. The van der Waals surface area contributed by atoms with Gasteiger partial charge in [-0.05, 0) is 12.8 Å². The number of carbonyl (C=O) groups excluding carboxylic acids is 1. The van der Waals surface area contributed by atoms with Crippen molar-refractivity contribution >= 4 is 11.7 Å². The summed E-state index contributed by atoms with van der Waals surface area (Å²) in [5, 5.41) is 5.60. The number of rotatable bonds is 4. The zero-order valence-electron chi connectivity index (χ0n) is 10.1. The van der Waals surface area contributed by atoms with Crippen molar-refractivity contribution < 1.29 is 4.79 Å². The number of anilines is 1. The van der Waals surface area contributed by atoms with Gasteiger partial charge in [-0.25, -0.2) is 9.97 Å². The predicted molar refractivity (Wildman–Crippen MR) is 63.3 cm³/mol. The molecule has 0 aromatic carbocycles. The van der Waals surface area contributed by atoms with E-state index in [1.807, 2.05) is 6.07 Å². The Morgan fingerprint density at radius 1 is 1.31 bits per heavy atom. The normalized spacial score (nSPS) is 12.3. The molecule has 1 aromatic heterocycles. The molecule has 0 fully saturated rings. The largest absolute Gasteiger partial charge is 0.359 e. The summed E-state index contributed by atoms with van der Waals surface area (Å²) in [4.78, 5) is 19.6. The van der Waals surface area contributed by atoms with Crippen molar-refractivity contribution in [2.75, 3.05) is 12.4 Å². The number of likely N-dealkylation sites (N-methyl/N-ethyl adjacent to an activating group) is 1. The first-order valence-corrected chi connectivity index (χ1v) is 5.34. The van der Waals surface area contributed by atoms with Gasteiger partial charge in [-0.1, -0.05) is 13.8 Å². The van der Waals surface area contributed by atoms with E-state index in [1.54, 1.807) is 14.0 Å². The Hall–Kier alpha value is -1.65. The summed E-state index contributed by atoms with van der Waals surface area (Å²) < 4.78 is 0. The molecule has 1 amide bonds. The number of hydrogen-bond donors (Lipinski definition) is 2. The van der Waals surface area contributed by atoms with Gasteiger partial charge in [-0.3, -0.25) is 4.79 Å². The Labute approximate surface area is 95.7 Å². The molecule has 1 aromatic rings. The molecule has 0 aliphatic rings. The number of amides is 1. The van der Waals surface area contributed by atoms with E-state index in [0.717, 1.165) is 5.69 Å². The van der Waals surface area contributed by atoms with E-state index in [-0.39, 0.29) is 11.9 Å². The highest BCUT2D eigenvalue weighted by Crippen LogP contribution is 2.14. The number of hydrogen-bond acceptors (Lipinski definition) is 4. The van der Waals surface area contributed by atoms with Crippen molar-refractivity contribution in [1.82, 2.24) is 15.3 Å². The van der Waals surface area contributed by atoms with E-state index in [2.05, 4.69) is 34.4 Å². The molecule has 16 heavy (non-hydrogen) atoms. The monoisotopic (exact) mass is 222 g/mol. The van der Waals surface area contributed by atoms with E-state index in [1.165, 1.54) is 6.33 Å². The summed E-state index contributed by atoms with van der Waals surface area (Å²) in [5.41, 5.74) is 0.960. The van der Waals surface area contributed by atoms with Crippen LogP contribution in [0.25, 0.3) is 0 Å². The van der Waals surface area contributed by atoms with Gasteiger partial charge in [-0.15, -0.1) is 0 Å². The third kappa shape index (κ3) is 3.18. The average Bonchev–Trinajstić information content (AvgIpc) is 2.28. The lowest BCUT2D eigenvalue weighted by atomic mass is 10.1. The Bertz CT molecular complexity index is 365. The molecular formula is C11H18N4O. The van der Waals surface area contributed by atoms with Crippen LogP contribution in [-0.4, -0.2) is 29.0 Å². The van der Waals surface area contributed by atoms with E-state index in [4.69, 9.17) is 0 Å². The highest BCUT2D eigenvalue weighted by Gasteiger charge is 2.11. The van der Waals surface area contributed by atoms with Crippen molar-refractivity contribution in [3.63, 3.8) is 0 Å². The minimum absolute atomic E-state index is 0.0651. The summed E-state index contributed by atoms with van der Waals surface area (Å²) in [7, 11) is 1.61. The van der Waals surface area contributed by atoms with Gasteiger partial charge in [0, 0.05) is 18.8 Å². The molecule has 88 valence electrons. The van der Waals surface area contributed by atoms with Crippen LogP contribution in [0.2, 0.25) is 0 Å². The molecule has 0 radical (unpaired) electrons. The molecule has 5 heteroatoms. The quantitative estimate of drug-likeness (QED) is 0.802. The molecule has 5 nitrogen and oxygen atoms in total. The third-order valence-electron chi connectivity index (χ3n) is 2.28. The minimum atomic E-state index is -0.306. The molecule has 0 bridgehead atoms. The highest BCUT2D eigenvalue weighted by molar-refractivity contribution is 5.83. The van der Waals surface area contributed by atoms with Crippen LogP contribution in [0, 0.1) is 0 Å². The fourth-order valence-corrected chi connectivity index (χ4v) is 1.27. The first-order valence-electron chi connectivity index (χ1n) is 5.34. The van der Waals surface area contributed by atoms with Gasteiger partial charge in [0.1, 0.15) is 18.2 Å². The molecule has 0 spiro atoms. The van der Waals surface area contributed by atoms with Crippen molar-refractivity contribution in [3.8, 4) is 0 Å². The highest BCUT2D eigenvalue weighted by atomic mass is 16.2. The maximum atomic E-state index is 11.3. The van der Waals surface area contributed by atoms with Crippen LogP contribution in [-0.2, 0) is 4.79 Å². The standard InChI is InChI=1S/C11H18N4O/c1-7(2)9-5-10(14-6-13-9)15-8(3)11(16)12-4/h5-8H,1-4H3,(H,12,16)(H,13,14,15). The molecule has 0 aliphatic heterocycles. The topological polar surface area (TPSA) is 66.9 Å². The number of nitrogens with one attached hydrogen (secondary N) is 2. The third-order valence-corrected chi connectivity index (χ3v) is 2.28. The lowest BCUT2D eigenvalue weighted by molar-refractivity contribution is -0.121. The first-order chi connectivity index (χ1) is 7.54. The Morgan fingerprint density at radius 3 is 2.56 bits per heavy atom. The fourth-order valence-electron chi connectivity index (χ4n) is 1.27. The van der Waals surface area contributed by atoms with Gasteiger partial charge in [0.15, 0.2) is 0 Å². The number of nitrogens with zero attached hydrogens (tertiary/aromatic N) is 2. The van der Waals surface area contributed by atoms with Crippen LogP contribution in [0.5, 0.6) is 0 Å². The summed E-state index contributed by atoms with van der Waals surface area (Å²) >= 11 is 0. The van der Waals surface area contributed by atoms with Crippen LogP contribution < -0.4 is 10.6 Å². The van der Waals surface area contributed by atoms with Gasteiger partial charge in [-0.2, -0.15) is 0 Å². The second-order valence-corrected chi connectivity index (χ2v) is 3.96. The average molecular weight is 222 g/mol. The summed E-state index contributed by atoms with van der Waals surface area (Å²) in [5.74, 6) is 0.957. The second kappa shape index (κ2) is 5.44. The van der Waals surface area contributed by atoms with Crippen LogP contribution in [0.4, 0.5) is 5.82 Å². The first kappa shape index (κ1) is 12.4. The smallest absolute Gasteiger partial charge is 0.241 e. The number of aromatic nitrogens is 2. The summed E-state index contributed by atoms with van der Waals surface area (Å²) in [6, 6.07) is 1.56. The zero-order valence-corrected chi connectivity index (χ0v) is 10.1. The molecule has 2 N–H and O–H groups in total. The van der Waals surface area contributed by atoms with Crippen molar-refractivity contribution in [3.05, 3.63) is 18.1 Å². The predicted octanol–water partition coefficient (Wildman–Crippen LogP) is 1.15. The van der Waals surface area contributed by atoms with E-state index < -0.39 is 0 Å². The van der Waals surface area contributed by atoms with Crippen LogP contribution in [0.1, 0.15) is 32.4 Å². The molecule has 0 saturated heterocycles. The molecule has 1 unspecified atom stereocenters. The zero-order chi connectivity index (χ0) is 12.1. The van der Waals surface area contributed by atoms with Crippen molar-refractivity contribution in [1.29, 1.82) is 0 Å². The summed E-state index contributed by atoms with van der Waals surface area (Å²) in [6.45, 7) is 5.92. The molecule has 0 saturated carbocycles. The minimum Gasteiger partial charge on any atom is -0.359 e. The van der Waals surface area contributed by atoms with E-state index in [0.29, 0.717) is 11.7 Å². The molecule has 1 rings (SSSR count). The van der Waals surface area contributed by atoms with Gasteiger partial charge < -0.3 is 10.6 Å². The van der Waals surface area contributed by atoms with Gasteiger partial charge in [0.05, 0.1) is 0 Å². The maximum absolute atomic E-state index is 11.3. The molecular weight excluding hydrogens is 204 g/mol. The second-order valence-electron chi connectivity index (χ2n) is 3.96. The number of carbonyl (C=O) groups is 1. The van der Waals surface area contributed by atoms with Crippen LogP contribution in [0.15, 0.2) is 12.4 Å². The summed E-state index contributed by atoms with van der Waals surface area (Å²) in [6.07, 6.45) is 1.51. The lowest BCUT2D eigenvalue weighted by Gasteiger charge is -2.13. The van der Waals surface area contributed by atoms with Crippen LogP contribution in [0.3, 0.4) is 0 Å². The van der Waals surface area contributed by atoms with Gasteiger partial charge in [0.25, 0.3) is 0 Å². The molecule has 1 heterocycles. The lowest BCUT2D eigenvalue weighted by Crippen LogP contribution is -2.35. The van der Waals surface area contributed by atoms with E-state index >= 15 is 0 Å². The van der Waals surface area contributed by atoms with Gasteiger partial charge in [0.2, 0.25) is 5.91 Å². The fraction of sp³-hybridized carbons (Fsp3) is 0.545. The van der Waals surface area contributed by atoms with Crippen LogP contribution >= 0.6 is 0 Å². The molecule has 0 aliphatic carbocycles.